The van der Waals surface area contributed by atoms with Crippen molar-refractivity contribution in [3.63, 3.8) is 0 Å². The van der Waals surface area contributed by atoms with Gasteiger partial charge in [0, 0.05) is 0 Å². The van der Waals surface area contributed by atoms with Gasteiger partial charge >= 0.3 is 5.97 Å². The van der Waals surface area contributed by atoms with Gasteiger partial charge in [-0.3, -0.25) is 0 Å². The summed E-state index contributed by atoms with van der Waals surface area (Å²) in [6, 6.07) is 3.56. The number of thiophene rings is 1. The fourth-order valence-corrected chi connectivity index (χ4v) is 2.02. The number of hydrogen-bond donors (Lipinski definition) is 2. The number of nitrogens with zero attached hydrogens (tertiary/aromatic N) is 1. The number of imidazole rings is 1. The molecule has 14 heavy (non-hydrogen) atoms. The third-order valence-electron chi connectivity index (χ3n) is 1.62. The smallest absolute Gasteiger partial charge is 0.371 e. The fourth-order valence-electron chi connectivity index (χ4n) is 1.01. The van der Waals surface area contributed by atoms with Gasteiger partial charge in [-0.25, -0.2) is 9.78 Å². The summed E-state index contributed by atoms with van der Waals surface area (Å²) >= 11 is 7.11. The Morgan fingerprint density at radius 3 is 2.86 bits per heavy atom. The lowest BCUT2D eigenvalue weighted by Gasteiger charge is -1.88. The van der Waals surface area contributed by atoms with Gasteiger partial charge in [0.25, 0.3) is 0 Å². The van der Waals surface area contributed by atoms with Crippen LogP contribution in [0, 0.1) is 0 Å². The molecule has 0 spiro atoms. The molecule has 0 fully saturated rings. The van der Waals surface area contributed by atoms with Crippen LogP contribution >= 0.6 is 22.9 Å². The summed E-state index contributed by atoms with van der Waals surface area (Å²) in [4.78, 5) is 17.8. The summed E-state index contributed by atoms with van der Waals surface area (Å²) < 4.78 is 0.659. The number of rotatable bonds is 2. The Morgan fingerprint density at radius 1 is 1.57 bits per heavy atom. The normalized spacial score (nSPS) is 10.4. The number of halogens is 1. The molecule has 2 aromatic heterocycles. The Kier molecular flexibility index (Phi) is 2.26. The van der Waals surface area contributed by atoms with E-state index in [1.54, 1.807) is 6.07 Å². The largest absolute Gasteiger partial charge is 0.475 e. The predicted octanol–water partition coefficient (Wildman–Crippen LogP) is 2.49. The van der Waals surface area contributed by atoms with Crippen molar-refractivity contribution in [3.05, 3.63) is 28.5 Å². The topological polar surface area (TPSA) is 66.0 Å². The Morgan fingerprint density at radius 2 is 2.36 bits per heavy atom. The first-order chi connectivity index (χ1) is 6.66. The van der Waals surface area contributed by atoms with Crippen molar-refractivity contribution in [3.8, 4) is 10.6 Å². The van der Waals surface area contributed by atoms with Crippen molar-refractivity contribution in [1.82, 2.24) is 9.97 Å². The molecule has 0 aliphatic rings. The van der Waals surface area contributed by atoms with Crippen LogP contribution in [0.25, 0.3) is 10.6 Å². The summed E-state index contributed by atoms with van der Waals surface area (Å²) in [6.07, 6.45) is 1.48. The summed E-state index contributed by atoms with van der Waals surface area (Å²) in [7, 11) is 0. The number of hydrogen-bond acceptors (Lipinski definition) is 3. The predicted molar refractivity (Wildman–Crippen MR) is 53.9 cm³/mol. The van der Waals surface area contributed by atoms with Crippen LogP contribution in [0.3, 0.4) is 0 Å². The first-order valence-corrected chi connectivity index (χ1v) is 4.90. The maximum absolute atomic E-state index is 10.5. The van der Waals surface area contributed by atoms with Gasteiger partial charge in [-0.2, -0.15) is 0 Å². The van der Waals surface area contributed by atoms with Gasteiger partial charge in [0.1, 0.15) is 0 Å². The van der Waals surface area contributed by atoms with Gasteiger partial charge in [0.2, 0.25) is 5.82 Å². The molecule has 0 unspecified atom stereocenters. The molecular formula is C8H5ClN2O2S. The molecule has 2 rings (SSSR count). The van der Waals surface area contributed by atoms with Crippen molar-refractivity contribution in [2.24, 2.45) is 0 Å². The van der Waals surface area contributed by atoms with Crippen LogP contribution in [0.2, 0.25) is 4.34 Å². The molecule has 2 heterocycles. The van der Waals surface area contributed by atoms with Crippen LogP contribution in [0.4, 0.5) is 0 Å². The van der Waals surface area contributed by atoms with E-state index in [1.807, 2.05) is 6.07 Å². The zero-order valence-corrected chi connectivity index (χ0v) is 8.39. The minimum Gasteiger partial charge on any atom is -0.475 e. The lowest BCUT2D eigenvalue weighted by atomic mass is 10.4. The zero-order chi connectivity index (χ0) is 10.1. The van der Waals surface area contributed by atoms with Gasteiger partial charge in [0.15, 0.2) is 0 Å². The molecule has 0 aliphatic carbocycles. The maximum Gasteiger partial charge on any atom is 0.371 e. The molecule has 0 aromatic carbocycles. The van der Waals surface area contributed by atoms with Gasteiger partial charge < -0.3 is 10.1 Å². The Labute approximate surface area is 88.2 Å². The van der Waals surface area contributed by atoms with Crippen molar-refractivity contribution in [1.29, 1.82) is 0 Å². The van der Waals surface area contributed by atoms with E-state index < -0.39 is 5.97 Å². The number of aromatic carboxylic acids is 1. The molecule has 0 saturated carbocycles. The molecule has 0 aliphatic heterocycles. The van der Waals surface area contributed by atoms with Crippen LogP contribution in [-0.2, 0) is 0 Å². The maximum atomic E-state index is 10.5. The average Bonchev–Trinajstić information content (AvgIpc) is 2.70. The summed E-state index contributed by atoms with van der Waals surface area (Å²) in [5.41, 5.74) is 0.666. The molecular weight excluding hydrogens is 224 g/mol. The molecule has 2 aromatic rings. The van der Waals surface area contributed by atoms with Gasteiger partial charge in [-0.1, -0.05) is 11.6 Å². The molecule has 2 N–H and O–H groups in total. The lowest BCUT2D eigenvalue weighted by Crippen LogP contribution is -1.97. The first-order valence-electron chi connectivity index (χ1n) is 3.71. The molecule has 0 amide bonds. The third-order valence-corrected chi connectivity index (χ3v) is 2.88. The standard InChI is InChI=1S/C8H5ClN2O2S/c9-6-2-1-5(14-6)4-3-10-7(11-4)8(12)13/h1-3H,(H,10,11)(H,12,13). The monoisotopic (exact) mass is 228 g/mol. The first kappa shape index (κ1) is 9.23. The van der Waals surface area contributed by atoms with E-state index in [0.29, 0.717) is 10.0 Å². The van der Waals surface area contributed by atoms with Gasteiger partial charge in [-0.15, -0.1) is 11.3 Å². The van der Waals surface area contributed by atoms with E-state index in [-0.39, 0.29) is 5.82 Å². The summed E-state index contributed by atoms with van der Waals surface area (Å²) in [6.45, 7) is 0. The van der Waals surface area contributed by atoms with E-state index in [2.05, 4.69) is 9.97 Å². The van der Waals surface area contributed by atoms with Crippen molar-refractivity contribution >= 4 is 28.9 Å². The van der Waals surface area contributed by atoms with E-state index in [9.17, 15) is 4.79 Å². The lowest BCUT2D eigenvalue weighted by molar-refractivity contribution is 0.0685. The molecule has 0 radical (unpaired) electrons. The molecule has 0 atom stereocenters. The van der Waals surface area contributed by atoms with Crippen molar-refractivity contribution in [2.75, 3.05) is 0 Å². The molecule has 0 bridgehead atoms. The molecule has 4 nitrogen and oxygen atoms in total. The van der Waals surface area contributed by atoms with Crippen LogP contribution < -0.4 is 0 Å². The number of carbonyl (C=O) groups is 1. The number of nitrogens with one attached hydrogen (secondary N) is 1. The Hall–Kier alpha value is -1.33. The van der Waals surface area contributed by atoms with Crippen LogP contribution in [0.1, 0.15) is 10.6 Å². The molecule has 72 valence electrons. The SMILES string of the molecule is O=C(O)c1ncc(-c2ccc(Cl)s2)[nH]1. The second-order valence-corrected chi connectivity index (χ2v) is 4.27. The average molecular weight is 229 g/mol. The summed E-state index contributed by atoms with van der Waals surface area (Å²) in [5, 5.41) is 8.63. The highest BCUT2D eigenvalue weighted by Gasteiger charge is 2.09. The number of carboxylic acid groups (broad SMARTS) is 1. The summed E-state index contributed by atoms with van der Waals surface area (Å²) in [5.74, 6) is -1.14. The van der Waals surface area contributed by atoms with Crippen LogP contribution in [0.5, 0.6) is 0 Å². The van der Waals surface area contributed by atoms with E-state index in [1.165, 1.54) is 17.5 Å². The quantitative estimate of drug-likeness (QED) is 0.830. The van der Waals surface area contributed by atoms with Gasteiger partial charge in [-0.05, 0) is 12.1 Å². The van der Waals surface area contributed by atoms with Crippen LogP contribution in [-0.4, -0.2) is 21.0 Å². The van der Waals surface area contributed by atoms with E-state index in [0.717, 1.165) is 4.88 Å². The highest BCUT2D eigenvalue weighted by molar-refractivity contribution is 7.19. The Bertz CT molecular complexity index is 477. The minimum atomic E-state index is -1.07. The number of aromatic amines is 1. The minimum absolute atomic E-state index is 0.0653. The Balaban J connectivity index is 2.38. The van der Waals surface area contributed by atoms with E-state index >= 15 is 0 Å². The van der Waals surface area contributed by atoms with E-state index in [4.69, 9.17) is 16.7 Å². The second kappa shape index (κ2) is 3.43. The molecule has 6 heteroatoms. The van der Waals surface area contributed by atoms with Crippen molar-refractivity contribution < 1.29 is 9.90 Å². The van der Waals surface area contributed by atoms with Crippen molar-refractivity contribution in [2.45, 2.75) is 0 Å². The number of carboxylic acids is 1. The third kappa shape index (κ3) is 1.64. The highest BCUT2D eigenvalue weighted by atomic mass is 35.5. The highest BCUT2D eigenvalue weighted by Crippen LogP contribution is 2.29. The number of aromatic nitrogens is 2. The second-order valence-electron chi connectivity index (χ2n) is 2.55. The number of H-pyrrole nitrogens is 1. The zero-order valence-electron chi connectivity index (χ0n) is 6.82. The van der Waals surface area contributed by atoms with Crippen LogP contribution in [0.15, 0.2) is 18.3 Å². The molecule has 0 saturated heterocycles. The fraction of sp³-hybridized carbons (Fsp3) is 0. The van der Waals surface area contributed by atoms with Gasteiger partial charge in [0.05, 0.1) is 21.1 Å².